The van der Waals surface area contributed by atoms with Gasteiger partial charge in [0, 0.05) is 15.6 Å². The summed E-state index contributed by atoms with van der Waals surface area (Å²) >= 11 is 11.9. The van der Waals surface area contributed by atoms with Crippen LogP contribution in [0.1, 0.15) is 17.2 Å². The van der Waals surface area contributed by atoms with Crippen LogP contribution in [0.25, 0.3) is 0 Å². The Hall–Kier alpha value is -2.36. The van der Waals surface area contributed by atoms with Crippen LogP contribution in [0.3, 0.4) is 0 Å². The summed E-state index contributed by atoms with van der Waals surface area (Å²) in [6, 6.07) is 4.75. The zero-order valence-corrected chi connectivity index (χ0v) is 15.7. The molecule has 0 aliphatic carbocycles. The number of halogens is 6. The molecule has 3 N–H and O–H groups in total. The number of alkyl halides is 3. The van der Waals surface area contributed by atoms with Crippen LogP contribution >= 0.6 is 23.2 Å². The van der Waals surface area contributed by atoms with Gasteiger partial charge in [-0.05, 0) is 29.8 Å². The third kappa shape index (κ3) is 4.03. The number of carbonyl (C=O) groups is 2. The lowest BCUT2D eigenvalue weighted by atomic mass is 9.76. The summed E-state index contributed by atoms with van der Waals surface area (Å²) in [5.74, 6) is -5.31. The van der Waals surface area contributed by atoms with Crippen molar-refractivity contribution < 1.29 is 32.3 Å². The van der Waals surface area contributed by atoms with Crippen molar-refractivity contribution in [1.29, 1.82) is 0 Å². The molecular formula is C18H12Cl2F4N2O3. The fourth-order valence-corrected chi connectivity index (χ4v) is 3.76. The largest absolute Gasteiger partial charge is 0.450 e. The molecule has 154 valence electrons. The average Bonchev–Trinajstić information content (AvgIpc) is 2.60. The molecule has 1 fully saturated rings. The van der Waals surface area contributed by atoms with Crippen molar-refractivity contribution in [2.45, 2.75) is 17.9 Å². The Balaban J connectivity index is 2.22. The van der Waals surface area contributed by atoms with E-state index >= 15 is 0 Å². The highest BCUT2D eigenvalue weighted by Crippen LogP contribution is 2.44. The summed E-state index contributed by atoms with van der Waals surface area (Å²) in [5, 5.41) is 15.3. The Morgan fingerprint density at radius 1 is 1.10 bits per heavy atom. The van der Waals surface area contributed by atoms with Crippen LogP contribution in [0.5, 0.6) is 0 Å². The number of ketones is 1. The smallest absolute Gasteiger partial charge is 0.366 e. The third-order valence-corrected chi connectivity index (χ3v) is 5.08. The molecule has 0 spiro atoms. The fraction of sp³-hybridized carbons (Fsp3) is 0.222. The molecule has 0 saturated carbocycles. The molecule has 11 heteroatoms. The molecule has 2 amide bonds. The highest BCUT2D eigenvalue weighted by molar-refractivity contribution is 6.35. The first-order chi connectivity index (χ1) is 13.4. The molecule has 3 atom stereocenters. The normalized spacial score (nSPS) is 24.6. The number of urea groups is 1. The predicted molar refractivity (Wildman–Crippen MR) is 95.7 cm³/mol. The summed E-state index contributed by atoms with van der Waals surface area (Å²) in [7, 11) is 0. The number of rotatable bonds is 3. The molecule has 1 heterocycles. The van der Waals surface area contributed by atoms with E-state index in [1.165, 1.54) is 18.2 Å². The van der Waals surface area contributed by atoms with Crippen molar-refractivity contribution in [3.05, 3.63) is 69.5 Å². The number of hydrogen-bond acceptors (Lipinski definition) is 3. The van der Waals surface area contributed by atoms with Crippen molar-refractivity contribution in [3.63, 3.8) is 0 Å². The van der Waals surface area contributed by atoms with Gasteiger partial charge >= 0.3 is 12.2 Å². The Morgan fingerprint density at radius 3 is 2.28 bits per heavy atom. The van der Waals surface area contributed by atoms with Crippen molar-refractivity contribution in [2.75, 3.05) is 0 Å². The van der Waals surface area contributed by atoms with Crippen molar-refractivity contribution in [2.24, 2.45) is 5.92 Å². The second-order valence-electron chi connectivity index (χ2n) is 6.35. The van der Waals surface area contributed by atoms with Crippen LogP contribution in [0.4, 0.5) is 22.4 Å². The lowest BCUT2D eigenvalue weighted by molar-refractivity contribution is -0.190. The molecule has 2 aromatic rings. The van der Waals surface area contributed by atoms with E-state index in [1.807, 2.05) is 5.32 Å². The zero-order valence-electron chi connectivity index (χ0n) is 14.2. The monoisotopic (exact) mass is 450 g/mol. The van der Waals surface area contributed by atoms with Crippen LogP contribution < -0.4 is 10.6 Å². The van der Waals surface area contributed by atoms with Gasteiger partial charge in [-0.3, -0.25) is 4.79 Å². The Labute approximate surface area is 171 Å². The highest BCUT2D eigenvalue weighted by atomic mass is 35.5. The molecule has 1 saturated heterocycles. The third-order valence-electron chi connectivity index (χ3n) is 4.52. The molecule has 29 heavy (non-hydrogen) atoms. The molecule has 3 rings (SSSR count). The van der Waals surface area contributed by atoms with E-state index in [9.17, 15) is 32.3 Å². The Kier molecular flexibility index (Phi) is 5.50. The molecule has 5 nitrogen and oxygen atoms in total. The van der Waals surface area contributed by atoms with E-state index in [0.717, 1.165) is 24.3 Å². The van der Waals surface area contributed by atoms with Crippen LogP contribution in [-0.2, 0) is 10.5 Å². The topological polar surface area (TPSA) is 78.4 Å². The summed E-state index contributed by atoms with van der Waals surface area (Å²) in [5.41, 5.74) is -3.17. The molecule has 0 radical (unpaired) electrons. The first-order valence-electron chi connectivity index (χ1n) is 8.06. The lowest BCUT2D eigenvalue weighted by Crippen LogP contribution is -2.66. The van der Waals surface area contributed by atoms with Gasteiger partial charge in [-0.2, -0.15) is 13.2 Å². The van der Waals surface area contributed by atoms with Gasteiger partial charge in [0.15, 0.2) is 5.72 Å². The first kappa shape index (κ1) is 21.4. The van der Waals surface area contributed by atoms with E-state index in [-0.39, 0.29) is 21.2 Å². The number of aliphatic hydroxyl groups is 1. The lowest BCUT2D eigenvalue weighted by Gasteiger charge is -2.45. The van der Waals surface area contributed by atoms with Crippen molar-refractivity contribution in [3.8, 4) is 0 Å². The summed E-state index contributed by atoms with van der Waals surface area (Å²) < 4.78 is 53.5. The minimum atomic E-state index is -5.35. The molecule has 1 aliphatic heterocycles. The van der Waals surface area contributed by atoms with E-state index in [1.54, 1.807) is 0 Å². The first-order valence-corrected chi connectivity index (χ1v) is 8.82. The SMILES string of the molecule is O=C1N[C@H](c2ccc(Cl)cc2Cl)[C@@H](C(=O)C(F)(F)F)[C@@](O)(c2ccc(F)cc2)N1. The number of hydrogen-bond donors (Lipinski definition) is 3. The molecular weight excluding hydrogens is 439 g/mol. The fourth-order valence-electron chi connectivity index (χ4n) is 3.24. The van der Waals surface area contributed by atoms with Crippen LogP contribution in [0, 0.1) is 11.7 Å². The summed E-state index contributed by atoms with van der Waals surface area (Å²) in [6.45, 7) is 0. The minimum Gasteiger partial charge on any atom is -0.366 e. The maximum Gasteiger partial charge on any atom is 0.450 e. The van der Waals surface area contributed by atoms with E-state index < -0.39 is 41.5 Å². The number of benzene rings is 2. The van der Waals surface area contributed by atoms with Gasteiger partial charge in [-0.1, -0.05) is 41.4 Å². The molecule has 0 bridgehead atoms. The molecule has 0 unspecified atom stereocenters. The molecule has 1 aliphatic rings. The number of nitrogens with one attached hydrogen (secondary N) is 2. The van der Waals surface area contributed by atoms with Gasteiger partial charge in [0.25, 0.3) is 0 Å². The predicted octanol–water partition coefficient (Wildman–Crippen LogP) is 4.08. The minimum absolute atomic E-state index is 0.0611. The van der Waals surface area contributed by atoms with Gasteiger partial charge in [0.2, 0.25) is 5.78 Å². The van der Waals surface area contributed by atoms with Gasteiger partial charge in [-0.15, -0.1) is 0 Å². The van der Waals surface area contributed by atoms with E-state index in [0.29, 0.717) is 0 Å². The molecule has 2 aromatic carbocycles. The Morgan fingerprint density at radius 2 is 1.72 bits per heavy atom. The second-order valence-corrected chi connectivity index (χ2v) is 7.20. The van der Waals surface area contributed by atoms with Crippen LogP contribution in [0.15, 0.2) is 42.5 Å². The highest BCUT2D eigenvalue weighted by Gasteiger charge is 2.59. The maximum atomic E-state index is 13.4. The van der Waals surface area contributed by atoms with Crippen molar-refractivity contribution in [1.82, 2.24) is 10.6 Å². The zero-order chi connectivity index (χ0) is 21.6. The average molecular weight is 451 g/mol. The number of Topliss-reactive ketones (excluding diaryl/α,β-unsaturated/α-hetero) is 1. The molecule has 0 aromatic heterocycles. The summed E-state index contributed by atoms with van der Waals surface area (Å²) in [4.78, 5) is 24.5. The summed E-state index contributed by atoms with van der Waals surface area (Å²) in [6.07, 6.45) is -5.35. The van der Waals surface area contributed by atoms with Gasteiger partial charge in [0.1, 0.15) is 11.7 Å². The van der Waals surface area contributed by atoms with Crippen LogP contribution in [-0.4, -0.2) is 23.1 Å². The van der Waals surface area contributed by atoms with Gasteiger partial charge in [-0.25, -0.2) is 9.18 Å². The number of amides is 2. The quantitative estimate of drug-likeness (QED) is 0.616. The standard InChI is InChI=1S/C18H12Cl2F4N2O3/c19-9-3-6-11(12(20)7-9)14-13(15(27)18(22,23)24)17(29,26-16(28)25-14)8-1-4-10(21)5-2-8/h1-7,13-14,29H,(H2,25,26,28)/t13-,14+,17-/m0/s1. The maximum absolute atomic E-state index is 13.4. The van der Waals surface area contributed by atoms with Crippen molar-refractivity contribution >= 4 is 35.0 Å². The second kappa shape index (κ2) is 7.47. The van der Waals surface area contributed by atoms with Crippen LogP contribution in [0.2, 0.25) is 10.0 Å². The van der Waals surface area contributed by atoms with Gasteiger partial charge < -0.3 is 15.7 Å². The van der Waals surface area contributed by atoms with E-state index in [2.05, 4.69) is 5.32 Å². The van der Waals surface area contributed by atoms with E-state index in [4.69, 9.17) is 23.2 Å². The number of carbonyl (C=O) groups excluding carboxylic acids is 2. The Bertz CT molecular complexity index is 969. The van der Waals surface area contributed by atoms with Gasteiger partial charge in [0.05, 0.1) is 6.04 Å².